The molecule has 0 N–H and O–H groups in total. The van der Waals surface area contributed by atoms with Crippen molar-refractivity contribution in [3.63, 3.8) is 0 Å². The SMILES string of the molecule is CC[C@@H](P)PC. The largest absolute Gasteiger partial charge is 0.130 e. The molecule has 0 saturated carbocycles. The van der Waals surface area contributed by atoms with E-state index in [1.54, 1.807) is 0 Å². The Morgan fingerprint density at radius 3 is 2.33 bits per heavy atom. The van der Waals surface area contributed by atoms with Crippen LogP contribution in [0.15, 0.2) is 0 Å². The van der Waals surface area contributed by atoms with Gasteiger partial charge in [-0.2, -0.15) is 0 Å². The van der Waals surface area contributed by atoms with E-state index in [-0.39, 0.29) is 0 Å². The lowest BCUT2D eigenvalue weighted by atomic mass is 10.6. The summed E-state index contributed by atoms with van der Waals surface area (Å²) in [5.74, 6) is 0. The zero-order valence-corrected chi connectivity index (χ0v) is 6.52. The summed E-state index contributed by atoms with van der Waals surface area (Å²) in [6.07, 6.45) is 1.31. The van der Waals surface area contributed by atoms with E-state index in [1.807, 2.05) is 0 Å². The molecule has 0 radical (unpaired) electrons. The minimum absolute atomic E-state index is 0.880. The van der Waals surface area contributed by atoms with E-state index in [2.05, 4.69) is 22.8 Å². The third kappa shape index (κ3) is 3.07. The van der Waals surface area contributed by atoms with Crippen LogP contribution in [0.3, 0.4) is 0 Å². The summed E-state index contributed by atoms with van der Waals surface area (Å²) in [4.78, 5) is 0. The first kappa shape index (κ1) is 6.86. The molecule has 0 amide bonds. The lowest BCUT2D eigenvalue weighted by Gasteiger charge is -1.99. The standard InChI is InChI=1S/C4H12P2/c1-3-4(5)6-2/h4,6H,3,5H2,1-2H3/t4-/m0/s1. The predicted molar refractivity (Wildman–Crippen MR) is 38.0 cm³/mol. The van der Waals surface area contributed by atoms with E-state index >= 15 is 0 Å². The van der Waals surface area contributed by atoms with E-state index in [4.69, 9.17) is 0 Å². The van der Waals surface area contributed by atoms with E-state index in [1.165, 1.54) is 6.42 Å². The van der Waals surface area contributed by atoms with Gasteiger partial charge in [0, 0.05) is 0 Å². The minimum atomic E-state index is 0.880. The Morgan fingerprint density at radius 1 is 1.83 bits per heavy atom. The van der Waals surface area contributed by atoms with Gasteiger partial charge in [0.1, 0.15) is 0 Å². The van der Waals surface area contributed by atoms with Gasteiger partial charge in [0.05, 0.1) is 0 Å². The molecule has 0 aliphatic heterocycles. The van der Waals surface area contributed by atoms with Crippen molar-refractivity contribution in [2.24, 2.45) is 0 Å². The average molecular weight is 122 g/mol. The monoisotopic (exact) mass is 122 g/mol. The van der Waals surface area contributed by atoms with Gasteiger partial charge in [0.25, 0.3) is 0 Å². The third-order valence-corrected chi connectivity index (χ3v) is 3.43. The average Bonchev–Trinajstić information content (AvgIpc) is 1.65. The first-order valence-corrected chi connectivity index (χ1v) is 4.48. The normalized spacial score (nSPS) is 16.5. The van der Waals surface area contributed by atoms with Crippen molar-refractivity contribution in [2.75, 3.05) is 6.66 Å². The van der Waals surface area contributed by atoms with Crippen LogP contribution in [0.4, 0.5) is 0 Å². The molecular formula is C4H12P2. The number of rotatable bonds is 2. The molecule has 6 heavy (non-hydrogen) atoms. The van der Waals surface area contributed by atoms with E-state index in [0.717, 1.165) is 14.0 Å². The zero-order chi connectivity index (χ0) is 4.99. The molecule has 0 nitrogen and oxygen atoms in total. The topological polar surface area (TPSA) is 0 Å². The molecule has 0 aromatic carbocycles. The molecule has 0 rings (SSSR count). The van der Waals surface area contributed by atoms with Crippen molar-refractivity contribution in [1.29, 1.82) is 0 Å². The lowest BCUT2D eigenvalue weighted by Crippen LogP contribution is -1.79. The van der Waals surface area contributed by atoms with Gasteiger partial charge in [0.2, 0.25) is 0 Å². The summed E-state index contributed by atoms with van der Waals surface area (Å²) in [6, 6.07) is 0. The van der Waals surface area contributed by atoms with Gasteiger partial charge in [-0.05, 0) is 18.5 Å². The van der Waals surface area contributed by atoms with Crippen LogP contribution in [0.2, 0.25) is 0 Å². The Hall–Kier alpha value is 0.860. The van der Waals surface area contributed by atoms with Crippen molar-refractivity contribution in [1.82, 2.24) is 0 Å². The molecule has 38 valence electrons. The van der Waals surface area contributed by atoms with Gasteiger partial charge in [-0.3, -0.25) is 0 Å². The summed E-state index contributed by atoms with van der Waals surface area (Å²) in [6.45, 7) is 4.45. The van der Waals surface area contributed by atoms with Crippen LogP contribution in [0, 0.1) is 0 Å². The molecule has 0 bridgehead atoms. The molecule has 0 heterocycles. The fourth-order valence-corrected chi connectivity index (χ4v) is 0.612. The van der Waals surface area contributed by atoms with Crippen molar-refractivity contribution in [2.45, 2.75) is 18.7 Å². The summed E-state index contributed by atoms with van der Waals surface area (Å²) < 4.78 is 0. The van der Waals surface area contributed by atoms with E-state index < -0.39 is 0 Å². The van der Waals surface area contributed by atoms with Crippen molar-refractivity contribution < 1.29 is 0 Å². The Morgan fingerprint density at radius 2 is 2.33 bits per heavy atom. The minimum Gasteiger partial charge on any atom is -0.130 e. The van der Waals surface area contributed by atoms with Crippen LogP contribution in [0.1, 0.15) is 13.3 Å². The number of hydrogen-bond acceptors (Lipinski definition) is 0. The molecule has 0 aliphatic carbocycles. The molecule has 0 aliphatic rings. The van der Waals surface area contributed by atoms with Gasteiger partial charge >= 0.3 is 0 Å². The lowest BCUT2D eigenvalue weighted by molar-refractivity contribution is 1.05. The summed E-state index contributed by atoms with van der Waals surface area (Å²) >= 11 is 0. The van der Waals surface area contributed by atoms with Gasteiger partial charge in [-0.1, -0.05) is 6.92 Å². The second-order valence-electron chi connectivity index (χ2n) is 1.30. The van der Waals surface area contributed by atoms with Gasteiger partial charge < -0.3 is 0 Å². The predicted octanol–water partition coefficient (Wildman–Crippen LogP) is 1.91. The maximum atomic E-state index is 2.82. The maximum absolute atomic E-state index is 2.82. The van der Waals surface area contributed by atoms with Crippen LogP contribution in [0.5, 0.6) is 0 Å². The summed E-state index contributed by atoms with van der Waals surface area (Å²) in [7, 11) is 3.92. The maximum Gasteiger partial charge on any atom is -0.00948 e. The fraction of sp³-hybridized carbons (Fsp3) is 1.00. The van der Waals surface area contributed by atoms with Gasteiger partial charge in [0.15, 0.2) is 0 Å². The quantitative estimate of drug-likeness (QED) is 0.491. The van der Waals surface area contributed by atoms with E-state index in [0.29, 0.717) is 0 Å². The van der Waals surface area contributed by atoms with Gasteiger partial charge in [-0.25, -0.2) is 0 Å². The van der Waals surface area contributed by atoms with Crippen LogP contribution in [0.25, 0.3) is 0 Å². The highest BCUT2D eigenvalue weighted by atomic mass is 31.1. The highest BCUT2D eigenvalue weighted by molar-refractivity contribution is 7.49. The van der Waals surface area contributed by atoms with Crippen molar-refractivity contribution in [3.8, 4) is 0 Å². The molecule has 0 fully saturated rings. The third-order valence-electron chi connectivity index (χ3n) is 0.811. The van der Waals surface area contributed by atoms with Crippen molar-refractivity contribution >= 4 is 17.8 Å². The molecular weight excluding hydrogens is 110 g/mol. The molecule has 0 saturated heterocycles. The second-order valence-corrected chi connectivity index (χ2v) is 4.09. The molecule has 0 spiro atoms. The first-order valence-electron chi connectivity index (χ1n) is 2.24. The molecule has 3 atom stereocenters. The van der Waals surface area contributed by atoms with E-state index in [9.17, 15) is 0 Å². The Labute approximate surface area is 44.1 Å². The number of hydrogen-bond donors (Lipinski definition) is 0. The van der Waals surface area contributed by atoms with Crippen LogP contribution in [-0.2, 0) is 0 Å². The van der Waals surface area contributed by atoms with Gasteiger partial charge in [-0.15, -0.1) is 17.8 Å². The summed E-state index contributed by atoms with van der Waals surface area (Å²) in [5, 5.41) is 0.880. The second kappa shape index (κ2) is 4.03. The molecule has 0 aromatic rings. The van der Waals surface area contributed by atoms with Crippen molar-refractivity contribution in [3.05, 3.63) is 0 Å². The van der Waals surface area contributed by atoms with Crippen LogP contribution in [-0.4, -0.2) is 12.1 Å². The first-order chi connectivity index (χ1) is 2.81. The highest BCUT2D eigenvalue weighted by Gasteiger charge is 1.88. The molecule has 2 heteroatoms. The van der Waals surface area contributed by atoms with Crippen LogP contribution >= 0.6 is 17.8 Å². The highest BCUT2D eigenvalue weighted by Crippen LogP contribution is 2.22. The Bertz CT molecular complexity index is 24.7. The zero-order valence-electron chi connectivity index (χ0n) is 4.36. The fourth-order valence-electron chi connectivity index (χ4n) is 0.204. The Balaban J connectivity index is 2.75. The van der Waals surface area contributed by atoms with Crippen LogP contribution < -0.4 is 0 Å². The molecule has 2 unspecified atom stereocenters. The molecule has 0 aromatic heterocycles. The smallest absolute Gasteiger partial charge is 0.00948 e. The summed E-state index contributed by atoms with van der Waals surface area (Å²) in [5.41, 5.74) is 0. The Kier molecular flexibility index (Phi) is 4.61.